The van der Waals surface area contributed by atoms with Crippen LogP contribution in [-0.4, -0.2) is 21.0 Å². The maximum Gasteiger partial charge on any atom is 0.241 e. The van der Waals surface area contributed by atoms with Gasteiger partial charge in [-0.1, -0.05) is 17.7 Å². The normalized spacial score (nSPS) is 16.1. The fourth-order valence-electron chi connectivity index (χ4n) is 1.81. The molecule has 1 fully saturated rings. The predicted molar refractivity (Wildman–Crippen MR) is 79.3 cm³/mol. The molecule has 0 radical (unpaired) electrons. The summed E-state index contributed by atoms with van der Waals surface area (Å²) in [6.07, 6.45) is 2.09. The van der Waals surface area contributed by atoms with Crippen molar-refractivity contribution in [3.63, 3.8) is 0 Å². The number of benzene rings is 1. The summed E-state index contributed by atoms with van der Waals surface area (Å²) in [5, 5.41) is 9.11. The van der Waals surface area contributed by atoms with E-state index in [-0.39, 0.29) is 40.5 Å². The largest absolute Gasteiger partial charge is 0.326 e. The Hall–Kier alpha value is -0.840. The number of nitrogens with one attached hydrogen (secondary N) is 1. The molecule has 0 saturated heterocycles. The Kier molecular flexibility index (Phi) is 5.80. The Bertz CT molecular complexity index is 624. The first-order valence-electron chi connectivity index (χ1n) is 5.89. The summed E-state index contributed by atoms with van der Waals surface area (Å²) in [5.41, 5.74) is 5.80. The molecule has 0 aliphatic heterocycles. The van der Waals surface area contributed by atoms with Gasteiger partial charge in [0, 0.05) is 12.6 Å². The van der Waals surface area contributed by atoms with E-state index in [0.717, 1.165) is 12.8 Å². The van der Waals surface area contributed by atoms with Crippen LogP contribution >= 0.6 is 24.0 Å². The zero-order valence-corrected chi connectivity index (χ0v) is 12.9. The smallest absolute Gasteiger partial charge is 0.241 e. The summed E-state index contributed by atoms with van der Waals surface area (Å²) in [6, 6.07) is 5.97. The second kappa shape index (κ2) is 6.74. The van der Waals surface area contributed by atoms with Crippen molar-refractivity contribution < 1.29 is 8.42 Å². The van der Waals surface area contributed by atoms with Crippen molar-refractivity contribution in [2.45, 2.75) is 23.8 Å². The minimum Gasteiger partial charge on any atom is -0.326 e. The summed E-state index contributed by atoms with van der Waals surface area (Å²) >= 11 is 5.82. The molecule has 1 saturated carbocycles. The molecule has 0 heterocycles. The highest BCUT2D eigenvalue weighted by Gasteiger charge is 2.30. The van der Waals surface area contributed by atoms with Crippen molar-refractivity contribution in [2.75, 3.05) is 6.54 Å². The van der Waals surface area contributed by atoms with Gasteiger partial charge in [0.25, 0.3) is 0 Å². The molecular weight excluding hydrogens is 321 g/mol. The number of nitrogens with two attached hydrogens (primary N) is 1. The van der Waals surface area contributed by atoms with Crippen LogP contribution in [-0.2, 0) is 10.0 Å². The molecule has 20 heavy (non-hydrogen) atoms. The Morgan fingerprint density at radius 1 is 1.50 bits per heavy atom. The van der Waals surface area contributed by atoms with Crippen LogP contribution in [0, 0.1) is 17.2 Å². The third-order valence-electron chi connectivity index (χ3n) is 3.11. The molecule has 1 unspecified atom stereocenters. The summed E-state index contributed by atoms with van der Waals surface area (Å²) in [5.74, 6) is 0.400. The molecule has 0 amide bonds. The van der Waals surface area contributed by atoms with Crippen molar-refractivity contribution in [1.29, 1.82) is 5.26 Å². The lowest BCUT2D eigenvalue weighted by atomic mass is 10.2. The van der Waals surface area contributed by atoms with Gasteiger partial charge in [-0.3, -0.25) is 0 Å². The van der Waals surface area contributed by atoms with Crippen molar-refractivity contribution >= 4 is 34.0 Å². The van der Waals surface area contributed by atoms with E-state index in [9.17, 15) is 8.42 Å². The van der Waals surface area contributed by atoms with Gasteiger partial charge >= 0.3 is 0 Å². The number of nitrogens with zero attached hydrogens (tertiary/aromatic N) is 1. The van der Waals surface area contributed by atoms with Gasteiger partial charge in [0.05, 0.1) is 10.6 Å². The zero-order valence-electron chi connectivity index (χ0n) is 10.5. The van der Waals surface area contributed by atoms with Crippen LogP contribution in [0.3, 0.4) is 0 Å². The number of nitriles is 1. The van der Waals surface area contributed by atoms with Gasteiger partial charge < -0.3 is 5.73 Å². The Labute approximate surface area is 129 Å². The van der Waals surface area contributed by atoms with Crippen molar-refractivity contribution in [3.8, 4) is 6.07 Å². The van der Waals surface area contributed by atoms with E-state index in [1.807, 2.05) is 6.07 Å². The van der Waals surface area contributed by atoms with Crippen LogP contribution in [0.4, 0.5) is 0 Å². The van der Waals surface area contributed by atoms with Crippen LogP contribution in [0.2, 0.25) is 5.02 Å². The van der Waals surface area contributed by atoms with Crippen molar-refractivity contribution in [3.05, 3.63) is 28.8 Å². The van der Waals surface area contributed by atoms with E-state index in [2.05, 4.69) is 4.72 Å². The minimum atomic E-state index is -3.76. The monoisotopic (exact) mass is 335 g/mol. The third-order valence-corrected chi connectivity index (χ3v) is 4.89. The van der Waals surface area contributed by atoms with Gasteiger partial charge in [-0.15, -0.1) is 12.4 Å². The molecule has 0 spiro atoms. The second-order valence-electron chi connectivity index (χ2n) is 4.58. The minimum absolute atomic E-state index is 0. The zero-order chi connectivity index (χ0) is 14.0. The quantitative estimate of drug-likeness (QED) is 0.854. The van der Waals surface area contributed by atoms with Gasteiger partial charge in [-0.25, -0.2) is 13.1 Å². The maximum atomic E-state index is 12.1. The van der Waals surface area contributed by atoms with Gasteiger partial charge in [0.1, 0.15) is 11.0 Å². The van der Waals surface area contributed by atoms with Crippen molar-refractivity contribution in [1.82, 2.24) is 4.72 Å². The van der Waals surface area contributed by atoms with Crippen LogP contribution in [0.5, 0.6) is 0 Å². The summed E-state index contributed by atoms with van der Waals surface area (Å²) in [7, 11) is -3.76. The van der Waals surface area contributed by atoms with E-state index in [0.29, 0.717) is 5.92 Å². The van der Waals surface area contributed by atoms with E-state index in [1.165, 1.54) is 18.2 Å². The lowest BCUT2D eigenvalue weighted by molar-refractivity contribution is 0.547. The lowest BCUT2D eigenvalue weighted by Gasteiger charge is -2.13. The van der Waals surface area contributed by atoms with Gasteiger partial charge in [-0.05, 0) is 30.9 Å². The van der Waals surface area contributed by atoms with Crippen LogP contribution in [0.15, 0.2) is 23.1 Å². The second-order valence-corrected chi connectivity index (χ2v) is 6.72. The molecule has 0 aromatic heterocycles. The fraction of sp³-hybridized carbons (Fsp3) is 0.417. The molecule has 5 nitrogen and oxygen atoms in total. The molecule has 1 aliphatic carbocycles. The number of hydrogen-bond donors (Lipinski definition) is 2. The molecule has 1 atom stereocenters. The number of sulfonamides is 1. The lowest BCUT2D eigenvalue weighted by Crippen LogP contribution is -2.38. The first-order valence-corrected chi connectivity index (χ1v) is 7.75. The highest BCUT2D eigenvalue weighted by atomic mass is 35.5. The Morgan fingerprint density at radius 3 is 2.70 bits per heavy atom. The molecule has 1 aromatic carbocycles. The highest BCUT2D eigenvalue weighted by Crippen LogP contribution is 2.31. The first kappa shape index (κ1) is 17.2. The molecule has 0 bridgehead atoms. The summed E-state index contributed by atoms with van der Waals surface area (Å²) in [4.78, 5) is -0.106. The average molecular weight is 336 g/mol. The predicted octanol–water partition coefficient (Wildman–Crippen LogP) is 1.65. The maximum absolute atomic E-state index is 12.1. The molecule has 2 rings (SSSR count). The first-order chi connectivity index (χ1) is 8.95. The fourth-order valence-corrected chi connectivity index (χ4v) is 3.33. The van der Waals surface area contributed by atoms with Crippen LogP contribution in [0.25, 0.3) is 0 Å². The number of halogens is 2. The topological polar surface area (TPSA) is 96.0 Å². The van der Waals surface area contributed by atoms with Crippen LogP contribution < -0.4 is 10.5 Å². The standard InChI is InChI=1S/C12H14ClN3O2S.ClH/c13-10-2-1-3-12(9(10)6-14)19(17,18)16-7-11(15)8-4-5-8;/h1-3,8,11,16H,4-5,7,15H2;1H. The van der Waals surface area contributed by atoms with Gasteiger partial charge in [0.2, 0.25) is 10.0 Å². The Balaban J connectivity index is 0.00000200. The van der Waals surface area contributed by atoms with Crippen LogP contribution in [0.1, 0.15) is 18.4 Å². The van der Waals surface area contributed by atoms with E-state index < -0.39 is 10.0 Å². The third kappa shape index (κ3) is 3.84. The number of rotatable bonds is 5. The highest BCUT2D eigenvalue weighted by molar-refractivity contribution is 7.89. The Morgan fingerprint density at radius 2 is 2.15 bits per heavy atom. The van der Waals surface area contributed by atoms with E-state index in [1.54, 1.807) is 0 Å². The molecule has 8 heteroatoms. The van der Waals surface area contributed by atoms with E-state index >= 15 is 0 Å². The molecular formula is C12H15Cl2N3O2S. The molecule has 1 aromatic rings. The average Bonchev–Trinajstić information content (AvgIpc) is 3.20. The van der Waals surface area contributed by atoms with E-state index in [4.69, 9.17) is 22.6 Å². The van der Waals surface area contributed by atoms with Crippen molar-refractivity contribution in [2.24, 2.45) is 11.7 Å². The summed E-state index contributed by atoms with van der Waals surface area (Å²) < 4.78 is 26.7. The molecule has 110 valence electrons. The summed E-state index contributed by atoms with van der Waals surface area (Å²) in [6.45, 7) is 0.171. The van der Waals surface area contributed by atoms with Gasteiger partial charge in [-0.2, -0.15) is 5.26 Å². The van der Waals surface area contributed by atoms with Gasteiger partial charge in [0.15, 0.2) is 0 Å². The molecule has 1 aliphatic rings. The molecule has 3 N–H and O–H groups in total. The SMILES string of the molecule is Cl.N#Cc1c(Cl)cccc1S(=O)(=O)NCC(N)C1CC1. The number of hydrogen-bond acceptors (Lipinski definition) is 4.